The van der Waals surface area contributed by atoms with Gasteiger partial charge in [0.05, 0.1) is 6.04 Å². The van der Waals surface area contributed by atoms with Crippen LogP contribution in [0.1, 0.15) is 41.7 Å². The number of aromatic amines is 1. The van der Waals surface area contributed by atoms with Crippen LogP contribution in [0.2, 0.25) is 5.02 Å². The number of rotatable bonds is 4. The van der Waals surface area contributed by atoms with E-state index in [9.17, 15) is 4.79 Å². The number of carbonyl (C=O) groups excluding carboxylic acids is 1. The molecule has 1 aliphatic carbocycles. The molecule has 0 aliphatic heterocycles. The van der Waals surface area contributed by atoms with E-state index in [1.54, 1.807) is 0 Å². The molecule has 0 spiro atoms. The Kier molecular flexibility index (Phi) is 4.52. The minimum Gasteiger partial charge on any atom is -0.356 e. The lowest BCUT2D eigenvalue weighted by atomic mass is 9.91. The summed E-state index contributed by atoms with van der Waals surface area (Å²) in [4.78, 5) is 16.8. The first-order valence-electron chi connectivity index (χ1n) is 9.58. The molecule has 0 saturated heterocycles. The maximum absolute atomic E-state index is 13.3. The van der Waals surface area contributed by atoms with Crippen LogP contribution in [-0.2, 0) is 11.2 Å². The SMILES string of the molecule is O=C(NC1CCCc2c1[nH]c1ccc(Cl)cc21)[C@@H](c1ccccc1)n1cnnn1. The van der Waals surface area contributed by atoms with E-state index in [4.69, 9.17) is 11.6 Å². The predicted molar refractivity (Wildman–Crippen MR) is 110 cm³/mol. The van der Waals surface area contributed by atoms with E-state index >= 15 is 0 Å². The lowest BCUT2D eigenvalue weighted by Gasteiger charge is -2.26. The summed E-state index contributed by atoms with van der Waals surface area (Å²) in [6.45, 7) is 0. The van der Waals surface area contributed by atoms with Crippen LogP contribution in [0.3, 0.4) is 0 Å². The van der Waals surface area contributed by atoms with Gasteiger partial charge in [-0.15, -0.1) is 5.10 Å². The van der Waals surface area contributed by atoms with Gasteiger partial charge in [0.25, 0.3) is 0 Å². The molecule has 4 aromatic rings. The standard InChI is InChI=1S/C21H19ClN6O/c22-14-9-10-17-16(11-14)15-7-4-8-18(19(15)24-17)25-21(29)20(28-12-23-26-27-28)13-5-2-1-3-6-13/h1-3,5-6,9-12,18,20,24H,4,7-8H2,(H,25,29)/t18?,20-/m1/s1. The molecule has 7 nitrogen and oxygen atoms in total. The average molecular weight is 407 g/mol. The quantitative estimate of drug-likeness (QED) is 0.542. The van der Waals surface area contributed by atoms with Crippen molar-refractivity contribution in [3.63, 3.8) is 0 Å². The third-order valence-electron chi connectivity index (χ3n) is 5.48. The van der Waals surface area contributed by atoms with Crippen molar-refractivity contribution in [2.75, 3.05) is 0 Å². The molecule has 2 N–H and O–H groups in total. The van der Waals surface area contributed by atoms with Crippen molar-refractivity contribution in [3.8, 4) is 0 Å². The second-order valence-corrected chi connectivity index (χ2v) is 7.70. The van der Waals surface area contributed by atoms with Gasteiger partial charge < -0.3 is 10.3 Å². The molecule has 0 bridgehead atoms. The minimum absolute atomic E-state index is 0.0971. The van der Waals surface area contributed by atoms with Gasteiger partial charge in [-0.25, -0.2) is 4.68 Å². The molecule has 1 unspecified atom stereocenters. The summed E-state index contributed by atoms with van der Waals surface area (Å²) >= 11 is 6.20. The van der Waals surface area contributed by atoms with Crippen molar-refractivity contribution in [2.45, 2.75) is 31.3 Å². The molecule has 5 rings (SSSR count). The van der Waals surface area contributed by atoms with E-state index in [0.29, 0.717) is 5.02 Å². The summed E-state index contributed by atoms with van der Waals surface area (Å²) < 4.78 is 1.49. The number of aryl methyl sites for hydroxylation is 1. The number of amides is 1. The Bertz CT molecular complexity index is 1150. The molecule has 0 fully saturated rings. The van der Waals surface area contributed by atoms with Crippen LogP contribution in [0.25, 0.3) is 10.9 Å². The molecule has 146 valence electrons. The highest BCUT2D eigenvalue weighted by Gasteiger charge is 2.30. The molecular weight excluding hydrogens is 388 g/mol. The molecular formula is C21H19ClN6O. The van der Waals surface area contributed by atoms with E-state index in [-0.39, 0.29) is 11.9 Å². The maximum Gasteiger partial charge on any atom is 0.250 e. The van der Waals surface area contributed by atoms with Gasteiger partial charge in [0.1, 0.15) is 6.33 Å². The van der Waals surface area contributed by atoms with Gasteiger partial charge >= 0.3 is 0 Å². The van der Waals surface area contributed by atoms with Crippen LogP contribution in [0.15, 0.2) is 54.9 Å². The van der Waals surface area contributed by atoms with E-state index in [1.807, 2.05) is 48.5 Å². The Hall–Kier alpha value is -3.19. The topological polar surface area (TPSA) is 88.5 Å². The number of aromatic nitrogens is 5. The highest BCUT2D eigenvalue weighted by atomic mass is 35.5. The van der Waals surface area contributed by atoms with Crippen molar-refractivity contribution >= 4 is 28.4 Å². The summed E-state index contributed by atoms with van der Waals surface area (Å²) in [5.41, 5.74) is 4.17. The fourth-order valence-electron chi connectivity index (χ4n) is 4.18. The monoisotopic (exact) mass is 406 g/mol. The lowest BCUT2D eigenvalue weighted by Crippen LogP contribution is -2.37. The first kappa shape index (κ1) is 17.9. The highest BCUT2D eigenvalue weighted by Crippen LogP contribution is 2.36. The smallest absolute Gasteiger partial charge is 0.250 e. The largest absolute Gasteiger partial charge is 0.356 e. The van der Waals surface area contributed by atoms with E-state index < -0.39 is 6.04 Å². The van der Waals surface area contributed by atoms with Gasteiger partial charge in [-0.1, -0.05) is 41.9 Å². The normalized spacial score (nSPS) is 17.1. The molecule has 0 saturated carbocycles. The van der Waals surface area contributed by atoms with E-state index in [0.717, 1.165) is 41.4 Å². The van der Waals surface area contributed by atoms with Crippen LogP contribution in [0.5, 0.6) is 0 Å². The van der Waals surface area contributed by atoms with Gasteiger partial charge in [0.2, 0.25) is 5.91 Å². The first-order valence-corrected chi connectivity index (χ1v) is 9.96. The minimum atomic E-state index is -0.629. The summed E-state index contributed by atoms with van der Waals surface area (Å²) in [5, 5.41) is 16.4. The van der Waals surface area contributed by atoms with Crippen LogP contribution in [0.4, 0.5) is 0 Å². The fraction of sp³-hybridized carbons (Fsp3) is 0.238. The van der Waals surface area contributed by atoms with Crippen LogP contribution < -0.4 is 5.32 Å². The van der Waals surface area contributed by atoms with Crippen LogP contribution in [0, 0.1) is 0 Å². The fourth-order valence-corrected chi connectivity index (χ4v) is 4.35. The Morgan fingerprint density at radius 2 is 2.10 bits per heavy atom. The number of hydrogen-bond donors (Lipinski definition) is 2. The maximum atomic E-state index is 13.3. The molecule has 2 aromatic heterocycles. The molecule has 1 aliphatic rings. The average Bonchev–Trinajstić information content (AvgIpc) is 3.38. The predicted octanol–water partition coefficient (Wildman–Crippen LogP) is 3.59. The summed E-state index contributed by atoms with van der Waals surface area (Å²) in [7, 11) is 0. The molecule has 2 atom stereocenters. The Morgan fingerprint density at radius 1 is 1.24 bits per heavy atom. The van der Waals surface area contributed by atoms with Crippen LogP contribution in [-0.4, -0.2) is 31.1 Å². The number of fused-ring (bicyclic) bond motifs is 3. The Balaban J connectivity index is 1.48. The molecule has 2 heterocycles. The number of halogens is 1. The lowest BCUT2D eigenvalue weighted by molar-refractivity contribution is -0.124. The van der Waals surface area contributed by atoms with Crippen molar-refractivity contribution < 1.29 is 4.79 Å². The van der Waals surface area contributed by atoms with Crippen molar-refractivity contribution in [2.24, 2.45) is 0 Å². The molecule has 2 aromatic carbocycles. The van der Waals surface area contributed by atoms with Gasteiger partial charge in [0, 0.05) is 21.6 Å². The molecule has 8 heteroatoms. The van der Waals surface area contributed by atoms with Crippen molar-refractivity contribution in [1.29, 1.82) is 0 Å². The summed E-state index contributed by atoms with van der Waals surface area (Å²) in [5.74, 6) is -0.141. The zero-order chi connectivity index (χ0) is 19.8. The third-order valence-corrected chi connectivity index (χ3v) is 5.71. The van der Waals surface area contributed by atoms with Crippen molar-refractivity contribution in [1.82, 2.24) is 30.5 Å². The van der Waals surface area contributed by atoms with Crippen molar-refractivity contribution in [3.05, 3.63) is 76.7 Å². The second-order valence-electron chi connectivity index (χ2n) is 7.26. The second kappa shape index (κ2) is 7.33. The number of nitrogens with one attached hydrogen (secondary N) is 2. The zero-order valence-corrected chi connectivity index (χ0v) is 16.3. The molecule has 0 radical (unpaired) electrons. The van der Waals surface area contributed by atoms with Gasteiger partial charge in [0.15, 0.2) is 6.04 Å². The molecule has 1 amide bonds. The number of benzene rings is 2. The summed E-state index contributed by atoms with van der Waals surface area (Å²) in [6, 6.07) is 14.7. The van der Waals surface area contributed by atoms with E-state index in [1.165, 1.54) is 16.6 Å². The number of tetrazole rings is 1. The van der Waals surface area contributed by atoms with Gasteiger partial charge in [-0.2, -0.15) is 0 Å². The van der Waals surface area contributed by atoms with Crippen LogP contribution >= 0.6 is 11.6 Å². The first-order chi connectivity index (χ1) is 14.2. The summed E-state index contributed by atoms with van der Waals surface area (Å²) in [6.07, 6.45) is 4.31. The van der Waals surface area contributed by atoms with Gasteiger partial charge in [-0.3, -0.25) is 4.79 Å². The van der Waals surface area contributed by atoms with Gasteiger partial charge in [-0.05, 0) is 59.0 Å². The zero-order valence-electron chi connectivity index (χ0n) is 15.5. The molecule has 29 heavy (non-hydrogen) atoms. The number of carbonyl (C=O) groups is 1. The number of nitrogens with zero attached hydrogens (tertiary/aromatic N) is 4. The van der Waals surface area contributed by atoms with E-state index in [2.05, 4.69) is 25.8 Å². The third kappa shape index (κ3) is 3.27. The Labute approximate surface area is 172 Å². The Morgan fingerprint density at radius 3 is 2.90 bits per heavy atom. The number of hydrogen-bond acceptors (Lipinski definition) is 4. The highest BCUT2D eigenvalue weighted by molar-refractivity contribution is 6.31. The number of H-pyrrole nitrogens is 1.